The molecular weight excluding hydrogens is 498 g/mol. The number of fused-ring (bicyclic) bond motifs is 1. The molecule has 2 aromatic rings. The van der Waals surface area contributed by atoms with E-state index in [1.807, 2.05) is 34.6 Å². The molecule has 0 bridgehead atoms. The molecule has 202 valence electrons. The number of primary amides is 1. The van der Waals surface area contributed by atoms with Crippen LogP contribution < -0.4 is 26.4 Å². The first-order valence-corrected chi connectivity index (χ1v) is 12.6. The number of aromatic nitrogens is 1. The lowest BCUT2D eigenvalue weighted by molar-refractivity contribution is -0.130. The molecule has 1 fully saturated rings. The van der Waals surface area contributed by atoms with Gasteiger partial charge in [-0.15, -0.1) is 0 Å². The molecule has 1 aromatic carbocycles. The molecule has 11 heteroatoms. The van der Waals surface area contributed by atoms with Gasteiger partial charge in [-0.3, -0.25) is 19.2 Å². The summed E-state index contributed by atoms with van der Waals surface area (Å²) in [6.07, 6.45) is 0.879. The van der Waals surface area contributed by atoms with Gasteiger partial charge in [0.05, 0.1) is 17.6 Å². The summed E-state index contributed by atoms with van der Waals surface area (Å²) in [6, 6.07) is 2.94. The quantitative estimate of drug-likeness (QED) is 0.335. The Hall–Kier alpha value is -3.27. The monoisotopic (exact) mass is 533 g/mol. The maximum atomic E-state index is 13.3. The van der Waals surface area contributed by atoms with Crippen LogP contribution in [-0.4, -0.2) is 53.3 Å². The highest BCUT2D eigenvalue weighted by molar-refractivity contribution is 6.35. The molecule has 6 N–H and O–H groups in total. The summed E-state index contributed by atoms with van der Waals surface area (Å²) in [6.45, 7) is 9.59. The molecule has 37 heavy (non-hydrogen) atoms. The van der Waals surface area contributed by atoms with E-state index in [1.165, 1.54) is 7.11 Å². The summed E-state index contributed by atoms with van der Waals surface area (Å²) in [7, 11) is 1.52. The van der Waals surface area contributed by atoms with Crippen LogP contribution in [0.15, 0.2) is 18.2 Å². The minimum atomic E-state index is -1.06. The Balaban J connectivity index is 1.80. The molecule has 1 aliphatic rings. The van der Waals surface area contributed by atoms with E-state index in [1.54, 1.807) is 18.2 Å². The van der Waals surface area contributed by atoms with Gasteiger partial charge >= 0.3 is 0 Å². The van der Waals surface area contributed by atoms with E-state index in [4.69, 9.17) is 22.1 Å². The lowest BCUT2D eigenvalue weighted by Crippen LogP contribution is -2.54. The first-order valence-electron chi connectivity index (χ1n) is 12.2. The highest BCUT2D eigenvalue weighted by atomic mass is 35.5. The zero-order chi connectivity index (χ0) is 27.7. The predicted octanol–water partition coefficient (Wildman–Crippen LogP) is 2.64. The number of amides is 4. The van der Waals surface area contributed by atoms with Gasteiger partial charge in [0.15, 0.2) is 0 Å². The molecule has 1 aliphatic heterocycles. The zero-order valence-corrected chi connectivity index (χ0v) is 22.8. The third kappa shape index (κ3) is 6.94. The number of carbonyl (C=O) groups is 4. The fourth-order valence-corrected chi connectivity index (χ4v) is 4.92. The average molecular weight is 534 g/mol. The van der Waals surface area contributed by atoms with E-state index >= 15 is 0 Å². The van der Waals surface area contributed by atoms with Gasteiger partial charge in [-0.2, -0.15) is 0 Å². The summed E-state index contributed by atoms with van der Waals surface area (Å²) < 4.78 is 5.36. The highest BCUT2D eigenvalue weighted by Crippen LogP contribution is 2.32. The predicted molar refractivity (Wildman–Crippen MR) is 141 cm³/mol. The van der Waals surface area contributed by atoms with Crippen molar-refractivity contribution in [1.29, 1.82) is 0 Å². The Morgan fingerprint density at radius 2 is 1.89 bits per heavy atom. The standard InChI is InChI=1S/C26H36ClN5O5/c1-25(2,3)12-18(24(36)30-16(21(28)33)9-13-11-26(4,5)32-22(13)34)31-23(35)17-10-14-19(37-6)8-7-15(27)20(14)29-17/h7-8,10,13,16,18,29H,9,11-12H2,1-6H3,(H2,28,33)(H,30,36)(H,31,35)(H,32,34)/t13-,16?,18?/m1/s1. The number of H-pyrrole nitrogens is 1. The van der Waals surface area contributed by atoms with Crippen LogP contribution >= 0.6 is 11.6 Å². The van der Waals surface area contributed by atoms with E-state index in [0.717, 1.165) is 0 Å². The van der Waals surface area contributed by atoms with Crippen molar-refractivity contribution in [3.8, 4) is 5.75 Å². The van der Waals surface area contributed by atoms with Gasteiger partial charge < -0.3 is 31.4 Å². The van der Waals surface area contributed by atoms with Crippen LogP contribution in [-0.2, 0) is 14.4 Å². The van der Waals surface area contributed by atoms with Gasteiger partial charge in [-0.1, -0.05) is 32.4 Å². The average Bonchev–Trinajstić information content (AvgIpc) is 3.33. The molecule has 10 nitrogen and oxygen atoms in total. The van der Waals surface area contributed by atoms with E-state index in [2.05, 4.69) is 20.9 Å². The maximum Gasteiger partial charge on any atom is 0.268 e. The van der Waals surface area contributed by atoms with Gasteiger partial charge in [-0.25, -0.2) is 0 Å². The lowest BCUT2D eigenvalue weighted by atomic mass is 9.87. The van der Waals surface area contributed by atoms with E-state index in [-0.39, 0.29) is 29.9 Å². The fraction of sp³-hybridized carbons (Fsp3) is 0.538. The number of benzene rings is 1. The molecule has 4 amide bonds. The Morgan fingerprint density at radius 1 is 1.22 bits per heavy atom. The zero-order valence-electron chi connectivity index (χ0n) is 22.1. The van der Waals surface area contributed by atoms with Gasteiger partial charge in [-0.05, 0) is 56.7 Å². The first kappa shape index (κ1) is 28.3. The number of hydrogen-bond acceptors (Lipinski definition) is 5. The summed E-state index contributed by atoms with van der Waals surface area (Å²) in [5.74, 6) is -1.93. The van der Waals surface area contributed by atoms with E-state index in [9.17, 15) is 19.2 Å². The molecule has 2 heterocycles. The number of methoxy groups -OCH3 is 1. The van der Waals surface area contributed by atoms with Gasteiger partial charge in [0.25, 0.3) is 5.91 Å². The number of halogens is 1. The van der Waals surface area contributed by atoms with Crippen LogP contribution in [0, 0.1) is 11.3 Å². The molecule has 0 aliphatic carbocycles. The number of rotatable bonds is 9. The molecule has 0 spiro atoms. The Kier molecular flexibility index (Phi) is 8.12. The third-order valence-corrected chi connectivity index (χ3v) is 6.69. The van der Waals surface area contributed by atoms with Crippen LogP contribution in [0.4, 0.5) is 0 Å². The van der Waals surface area contributed by atoms with E-state index in [0.29, 0.717) is 28.1 Å². The van der Waals surface area contributed by atoms with E-state index < -0.39 is 41.3 Å². The molecule has 0 saturated carbocycles. The summed E-state index contributed by atoms with van der Waals surface area (Å²) in [5, 5.41) is 9.36. The number of aromatic amines is 1. The minimum Gasteiger partial charge on any atom is -0.496 e. The second kappa shape index (κ2) is 10.6. The van der Waals surface area contributed by atoms with Gasteiger partial charge in [0.1, 0.15) is 23.5 Å². The Morgan fingerprint density at radius 3 is 2.43 bits per heavy atom. The molecule has 3 rings (SSSR count). The van der Waals surface area contributed by atoms with Crippen LogP contribution in [0.5, 0.6) is 5.75 Å². The number of carbonyl (C=O) groups excluding carboxylic acids is 4. The van der Waals surface area contributed by atoms with Crippen LogP contribution in [0.3, 0.4) is 0 Å². The highest BCUT2D eigenvalue weighted by Gasteiger charge is 2.40. The number of ether oxygens (including phenoxy) is 1. The number of nitrogens with one attached hydrogen (secondary N) is 4. The molecule has 1 saturated heterocycles. The van der Waals surface area contributed by atoms with Crippen molar-refractivity contribution in [2.24, 2.45) is 17.1 Å². The van der Waals surface area contributed by atoms with Crippen molar-refractivity contribution in [3.63, 3.8) is 0 Å². The van der Waals surface area contributed by atoms with Crippen molar-refractivity contribution in [2.75, 3.05) is 7.11 Å². The smallest absolute Gasteiger partial charge is 0.268 e. The lowest BCUT2D eigenvalue weighted by Gasteiger charge is -2.28. The molecule has 3 atom stereocenters. The van der Waals surface area contributed by atoms with Gasteiger partial charge in [0, 0.05) is 16.8 Å². The summed E-state index contributed by atoms with van der Waals surface area (Å²) in [5.41, 5.74) is 5.58. The molecule has 0 radical (unpaired) electrons. The van der Waals surface area contributed by atoms with Gasteiger partial charge in [0.2, 0.25) is 17.7 Å². The molecule has 2 unspecified atom stereocenters. The van der Waals surface area contributed by atoms with Crippen LogP contribution in [0.2, 0.25) is 5.02 Å². The topological polar surface area (TPSA) is 155 Å². The normalized spacial score (nSPS) is 18.7. The van der Waals surface area contributed by atoms with Crippen LogP contribution in [0.1, 0.15) is 64.4 Å². The Labute approximate surface area is 221 Å². The number of nitrogens with two attached hydrogens (primary N) is 1. The Bertz CT molecular complexity index is 1220. The van der Waals surface area contributed by atoms with Crippen molar-refractivity contribution in [3.05, 3.63) is 28.9 Å². The maximum absolute atomic E-state index is 13.3. The van der Waals surface area contributed by atoms with Crippen molar-refractivity contribution in [2.45, 2.75) is 71.5 Å². The summed E-state index contributed by atoms with van der Waals surface area (Å²) in [4.78, 5) is 54.0. The van der Waals surface area contributed by atoms with Crippen LogP contribution in [0.25, 0.3) is 10.9 Å². The van der Waals surface area contributed by atoms with Crippen molar-refractivity contribution < 1.29 is 23.9 Å². The fourth-order valence-electron chi connectivity index (χ4n) is 4.71. The molecular formula is C26H36ClN5O5. The first-order chi connectivity index (χ1) is 17.1. The largest absolute Gasteiger partial charge is 0.496 e. The minimum absolute atomic E-state index is 0.0762. The molecule has 1 aromatic heterocycles. The summed E-state index contributed by atoms with van der Waals surface area (Å²) >= 11 is 6.28. The number of hydrogen-bond donors (Lipinski definition) is 5. The second-order valence-electron chi connectivity index (χ2n) is 11.5. The second-order valence-corrected chi connectivity index (χ2v) is 11.9. The van der Waals surface area contributed by atoms with Crippen molar-refractivity contribution in [1.82, 2.24) is 20.9 Å². The SMILES string of the molecule is COc1ccc(Cl)c2[nH]c(C(=O)NC(CC(C)(C)C)C(=O)NC(C[C@@H]3CC(C)(C)NC3=O)C(N)=O)cc12. The third-order valence-electron chi connectivity index (χ3n) is 6.38. The van der Waals surface area contributed by atoms with Crippen molar-refractivity contribution >= 4 is 46.1 Å².